The molecule has 0 aliphatic rings. The second kappa shape index (κ2) is 10.9. The lowest BCUT2D eigenvalue weighted by Crippen LogP contribution is -2.49. The molecule has 0 heterocycles. The van der Waals surface area contributed by atoms with E-state index >= 15 is 0 Å². The van der Waals surface area contributed by atoms with E-state index in [1.165, 1.54) is 36.4 Å². The number of nitrogens with zero attached hydrogens (tertiary/aromatic N) is 1. The zero-order valence-corrected chi connectivity index (χ0v) is 27.5. The maximum atomic E-state index is 13.9. The molecule has 3 rings (SSSR count). The molecule has 0 radical (unpaired) electrons. The van der Waals surface area contributed by atoms with E-state index in [1.54, 1.807) is 36.4 Å². The maximum Gasteiger partial charge on any atom is 0.270 e. The van der Waals surface area contributed by atoms with E-state index in [4.69, 9.17) is 0 Å². The Bertz CT molecular complexity index is 1620. The molecule has 0 aliphatic carbocycles. The van der Waals surface area contributed by atoms with Gasteiger partial charge < -0.3 is 0 Å². The lowest BCUT2D eigenvalue weighted by atomic mass is 9.87. The zero-order valence-electron chi connectivity index (χ0n) is 25.0. The van der Waals surface area contributed by atoms with Gasteiger partial charge in [0.25, 0.3) is 30.1 Å². The van der Waals surface area contributed by atoms with E-state index in [-0.39, 0.29) is 34.8 Å². The van der Waals surface area contributed by atoms with Crippen LogP contribution in [0.25, 0.3) is 0 Å². The molecule has 8 nitrogen and oxygen atoms in total. The Balaban J connectivity index is 2.17. The number of sulfonamides is 3. The first kappa shape index (κ1) is 32.9. The third-order valence-corrected chi connectivity index (χ3v) is 12.2. The van der Waals surface area contributed by atoms with Crippen LogP contribution in [0.3, 0.4) is 0 Å². The largest absolute Gasteiger partial charge is 0.270 e. The minimum Gasteiger partial charge on any atom is -0.206 e. The molecule has 0 aliphatic heterocycles. The third-order valence-electron chi connectivity index (χ3n) is 6.70. The van der Waals surface area contributed by atoms with Crippen LogP contribution in [0.4, 0.5) is 0 Å². The van der Waals surface area contributed by atoms with Crippen LogP contribution in [-0.4, -0.2) is 29.1 Å². The lowest BCUT2D eigenvalue weighted by Gasteiger charge is -2.24. The molecule has 0 fully saturated rings. The standard InChI is InChI=1S/C30H40N2O6S3/c1-28(2,3)22-10-16-25(17-11-22)39(33,34)31-32(40(35,36)26-18-12-23(13-19-26)29(4,5)6)41(37,38)27-20-14-24(15-21-27)30(7,8)9/h10-21,31H,1-9H3. The summed E-state index contributed by atoms with van der Waals surface area (Å²) >= 11 is 0. The first-order chi connectivity index (χ1) is 18.5. The Labute approximate surface area is 245 Å². The van der Waals surface area contributed by atoms with Crippen molar-refractivity contribution in [2.45, 2.75) is 93.2 Å². The summed E-state index contributed by atoms with van der Waals surface area (Å²) in [6.07, 6.45) is 0. The second-order valence-electron chi connectivity index (χ2n) is 13.1. The van der Waals surface area contributed by atoms with E-state index in [9.17, 15) is 25.3 Å². The van der Waals surface area contributed by atoms with E-state index < -0.39 is 30.1 Å². The van der Waals surface area contributed by atoms with Crippen molar-refractivity contribution in [1.29, 1.82) is 0 Å². The van der Waals surface area contributed by atoms with Crippen molar-refractivity contribution < 1.29 is 25.3 Å². The third kappa shape index (κ3) is 7.26. The number of nitrogens with one attached hydrogen (secondary N) is 1. The number of hydrogen-bond acceptors (Lipinski definition) is 6. The maximum absolute atomic E-state index is 13.9. The van der Waals surface area contributed by atoms with Gasteiger partial charge in [0.2, 0.25) is 0 Å². The van der Waals surface area contributed by atoms with Gasteiger partial charge in [-0.3, -0.25) is 0 Å². The smallest absolute Gasteiger partial charge is 0.206 e. The second-order valence-corrected chi connectivity index (χ2v) is 18.6. The van der Waals surface area contributed by atoms with Crippen molar-refractivity contribution in [2.24, 2.45) is 0 Å². The summed E-state index contributed by atoms with van der Waals surface area (Å²) in [6.45, 7) is 17.6. The fourth-order valence-electron chi connectivity index (χ4n) is 3.96. The highest BCUT2D eigenvalue weighted by Gasteiger charge is 2.41. The van der Waals surface area contributed by atoms with Crippen LogP contribution in [0.5, 0.6) is 0 Å². The molecule has 0 saturated heterocycles. The molecule has 3 aromatic carbocycles. The highest BCUT2D eigenvalue weighted by Crippen LogP contribution is 2.30. The Kier molecular flexibility index (Phi) is 8.78. The summed E-state index contributed by atoms with van der Waals surface area (Å²) in [5, 5.41) is 0. The predicted molar refractivity (Wildman–Crippen MR) is 162 cm³/mol. The van der Waals surface area contributed by atoms with Crippen molar-refractivity contribution >= 4 is 30.1 Å². The molecular weight excluding hydrogens is 581 g/mol. The van der Waals surface area contributed by atoms with Crippen molar-refractivity contribution in [3.05, 3.63) is 89.5 Å². The molecule has 224 valence electrons. The van der Waals surface area contributed by atoms with E-state index in [1.807, 2.05) is 67.1 Å². The quantitative estimate of drug-likeness (QED) is 0.331. The van der Waals surface area contributed by atoms with Gasteiger partial charge in [-0.15, -0.1) is 4.83 Å². The number of rotatable bonds is 7. The molecular formula is C30H40N2O6S3. The van der Waals surface area contributed by atoms with Crippen molar-refractivity contribution in [3.8, 4) is 0 Å². The first-order valence-corrected chi connectivity index (χ1v) is 17.5. The summed E-state index contributed by atoms with van der Waals surface area (Å²) < 4.78 is 82.2. The molecule has 11 heteroatoms. The molecule has 0 aromatic heterocycles. The van der Waals surface area contributed by atoms with Crippen LogP contribution >= 0.6 is 0 Å². The Morgan fingerprint density at radius 2 is 0.683 bits per heavy atom. The molecule has 0 amide bonds. The molecule has 1 N–H and O–H groups in total. The van der Waals surface area contributed by atoms with Gasteiger partial charge >= 0.3 is 0 Å². The summed E-state index contributed by atoms with van der Waals surface area (Å²) in [4.78, 5) is 0.813. The number of benzene rings is 3. The van der Waals surface area contributed by atoms with Gasteiger partial charge in [-0.1, -0.05) is 98.7 Å². The van der Waals surface area contributed by atoms with Crippen LogP contribution in [-0.2, 0) is 46.3 Å². The van der Waals surface area contributed by atoms with Crippen LogP contribution < -0.4 is 4.83 Å². The van der Waals surface area contributed by atoms with Gasteiger partial charge in [0.15, 0.2) is 0 Å². The molecule has 0 unspecified atom stereocenters. The minimum absolute atomic E-state index is 0.148. The molecule has 0 saturated carbocycles. The predicted octanol–water partition coefficient (Wildman–Crippen LogP) is 5.85. The normalized spacial score (nSPS) is 13.9. The van der Waals surface area contributed by atoms with Crippen molar-refractivity contribution in [3.63, 3.8) is 0 Å². The Morgan fingerprint density at radius 1 is 0.439 bits per heavy atom. The summed E-state index contributed by atoms with van der Waals surface area (Å²) in [5.41, 5.74) is 1.66. The minimum atomic E-state index is -4.93. The van der Waals surface area contributed by atoms with Crippen molar-refractivity contribution in [1.82, 2.24) is 8.65 Å². The fraction of sp³-hybridized carbons (Fsp3) is 0.400. The van der Waals surface area contributed by atoms with Gasteiger partial charge in [0.05, 0.1) is 14.7 Å². The molecule has 3 aromatic rings. The van der Waals surface area contributed by atoms with E-state index in [0.29, 0.717) is 0 Å². The van der Waals surface area contributed by atoms with Gasteiger partial charge in [0.1, 0.15) is 0 Å². The highest BCUT2D eigenvalue weighted by molar-refractivity contribution is 8.05. The topological polar surface area (TPSA) is 118 Å². The molecule has 0 bridgehead atoms. The lowest BCUT2D eigenvalue weighted by molar-refractivity contribution is 0.468. The fourth-order valence-corrected chi connectivity index (χ4v) is 9.02. The van der Waals surface area contributed by atoms with Gasteiger partial charge in [-0.2, -0.15) is 0 Å². The van der Waals surface area contributed by atoms with E-state index in [2.05, 4.69) is 0 Å². The van der Waals surface area contributed by atoms with Crippen LogP contribution in [0.2, 0.25) is 0 Å². The number of hydrogen-bond donors (Lipinski definition) is 1. The van der Waals surface area contributed by atoms with Crippen molar-refractivity contribution in [2.75, 3.05) is 0 Å². The molecule has 41 heavy (non-hydrogen) atoms. The zero-order chi connectivity index (χ0) is 31.2. The van der Waals surface area contributed by atoms with Crippen LogP contribution in [0, 0.1) is 0 Å². The summed E-state index contributed by atoms with van der Waals surface area (Å²) in [6, 6.07) is 17.3. The van der Waals surface area contributed by atoms with Gasteiger partial charge in [-0.05, 0) is 73.2 Å². The SMILES string of the molecule is CC(C)(C)c1ccc(S(=O)(=O)NN(S(=O)(=O)c2ccc(C(C)(C)C)cc2)S(=O)(=O)c2ccc(C(C)(C)C)cc2)cc1. The molecule has 0 atom stereocenters. The number of hydrazine groups is 1. The Hall–Kier alpha value is -2.57. The summed E-state index contributed by atoms with van der Waals surface area (Å²) in [5.74, 6) is 0. The summed E-state index contributed by atoms with van der Waals surface area (Å²) in [7, 11) is -14.5. The first-order valence-electron chi connectivity index (χ1n) is 13.1. The monoisotopic (exact) mass is 620 g/mol. The van der Waals surface area contributed by atoms with Crippen LogP contribution in [0.1, 0.15) is 79.0 Å². The molecule has 0 spiro atoms. The average molecular weight is 621 g/mol. The van der Waals surface area contributed by atoms with Gasteiger partial charge in [-0.25, -0.2) is 25.3 Å². The van der Waals surface area contributed by atoms with E-state index in [0.717, 1.165) is 16.7 Å². The highest BCUT2D eigenvalue weighted by atomic mass is 32.3. The Morgan fingerprint density at radius 3 is 0.927 bits per heavy atom. The van der Waals surface area contributed by atoms with Gasteiger partial charge in [0, 0.05) is 0 Å². The average Bonchev–Trinajstić information content (AvgIpc) is 2.86. The van der Waals surface area contributed by atoms with Crippen LogP contribution in [0.15, 0.2) is 87.5 Å².